The van der Waals surface area contributed by atoms with Crippen molar-refractivity contribution in [3.05, 3.63) is 39.6 Å². The van der Waals surface area contributed by atoms with Crippen LogP contribution < -0.4 is 10.5 Å². The van der Waals surface area contributed by atoms with Crippen molar-refractivity contribution in [1.82, 2.24) is 14.6 Å². The molecule has 1 atom stereocenters. The Kier molecular flexibility index (Phi) is 6.49. The fraction of sp³-hybridized carbons (Fsp3) is 0.550. The molecule has 3 aliphatic rings. The van der Waals surface area contributed by atoms with Crippen molar-refractivity contribution >= 4 is 35.3 Å². The molecule has 4 rings (SSSR count). The molecule has 1 unspecified atom stereocenters. The Hall–Kier alpha value is -1.64. The molecule has 1 aliphatic carbocycles. The topological polar surface area (TPSA) is 78.9 Å². The van der Waals surface area contributed by atoms with E-state index in [1.54, 1.807) is 24.6 Å². The number of allylic oxidation sites excluding steroid dienone is 1. The molecule has 2 fully saturated rings. The van der Waals surface area contributed by atoms with E-state index in [1.165, 1.54) is 37.8 Å². The van der Waals surface area contributed by atoms with E-state index in [0.717, 1.165) is 40.3 Å². The van der Waals surface area contributed by atoms with Crippen molar-refractivity contribution in [2.75, 3.05) is 20.1 Å². The zero-order valence-electron chi connectivity index (χ0n) is 16.3. The summed E-state index contributed by atoms with van der Waals surface area (Å²) in [5.74, 6) is 0.984. The first-order chi connectivity index (χ1) is 13.8. The molecule has 0 spiro atoms. The zero-order chi connectivity index (χ0) is 19.3. The largest absolute Gasteiger partial charge is 0.398 e. The van der Waals surface area contributed by atoms with E-state index in [1.807, 2.05) is 29.6 Å². The average molecular weight is 417 g/mol. The van der Waals surface area contributed by atoms with Crippen LogP contribution in [-0.2, 0) is 0 Å². The van der Waals surface area contributed by atoms with E-state index in [9.17, 15) is 0 Å². The lowest BCUT2D eigenvalue weighted by Crippen LogP contribution is -2.36. The number of thiazole rings is 1. The molecule has 1 saturated carbocycles. The van der Waals surface area contributed by atoms with Crippen molar-refractivity contribution in [1.29, 1.82) is 0 Å². The molecule has 3 N–H and O–H groups in total. The van der Waals surface area contributed by atoms with Crippen molar-refractivity contribution in [3.63, 3.8) is 0 Å². The maximum atomic E-state index is 6.37. The SMILES string of the molecule is CN=CC=C(N)C1=C2CC(NSC3CCCCC3)CN2C(c2nccs2)=NC1. The second-order valence-corrected chi connectivity index (χ2v) is 9.47. The molecule has 0 amide bonds. The summed E-state index contributed by atoms with van der Waals surface area (Å²) in [5.41, 5.74) is 9.52. The number of aromatic nitrogens is 1. The third-order valence-corrected chi connectivity index (χ3v) is 7.53. The molecular weight excluding hydrogens is 388 g/mol. The summed E-state index contributed by atoms with van der Waals surface area (Å²) in [6, 6.07) is 0.396. The lowest BCUT2D eigenvalue weighted by molar-refractivity contribution is 0.509. The highest BCUT2D eigenvalue weighted by Crippen LogP contribution is 2.34. The van der Waals surface area contributed by atoms with Gasteiger partial charge >= 0.3 is 0 Å². The summed E-state index contributed by atoms with van der Waals surface area (Å²) < 4.78 is 3.76. The van der Waals surface area contributed by atoms with Gasteiger partial charge in [-0.2, -0.15) is 0 Å². The van der Waals surface area contributed by atoms with Gasteiger partial charge in [0.25, 0.3) is 0 Å². The number of amidine groups is 1. The number of nitrogens with one attached hydrogen (secondary N) is 1. The third kappa shape index (κ3) is 4.34. The molecule has 0 aromatic carbocycles. The van der Waals surface area contributed by atoms with Crippen LogP contribution in [0.15, 0.2) is 44.6 Å². The van der Waals surface area contributed by atoms with Crippen LogP contribution in [0.1, 0.15) is 43.5 Å². The number of hydrogen-bond donors (Lipinski definition) is 2. The molecular formula is C20H28N6S2. The number of rotatable bonds is 6. The molecule has 6 nitrogen and oxygen atoms in total. The van der Waals surface area contributed by atoms with Gasteiger partial charge in [-0.1, -0.05) is 31.2 Å². The normalized spacial score (nSPS) is 24.2. The molecule has 28 heavy (non-hydrogen) atoms. The van der Waals surface area contributed by atoms with Gasteiger partial charge in [0.2, 0.25) is 0 Å². The Bertz CT molecular complexity index is 790. The molecule has 3 heterocycles. The average Bonchev–Trinajstić information content (AvgIpc) is 3.40. The smallest absolute Gasteiger partial charge is 0.165 e. The van der Waals surface area contributed by atoms with E-state index in [2.05, 4.69) is 19.6 Å². The van der Waals surface area contributed by atoms with Gasteiger partial charge < -0.3 is 10.6 Å². The van der Waals surface area contributed by atoms with Crippen LogP contribution >= 0.6 is 23.3 Å². The van der Waals surface area contributed by atoms with Gasteiger partial charge in [-0.25, -0.2) is 4.98 Å². The van der Waals surface area contributed by atoms with Crippen LogP contribution in [0.5, 0.6) is 0 Å². The first-order valence-corrected chi connectivity index (χ1v) is 11.8. The maximum Gasteiger partial charge on any atom is 0.165 e. The fourth-order valence-corrected chi connectivity index (χ4v) is 5.82. The lowest BCUT2D eigenvalue weighted by atomic mass is 10.0. The van der Waals surface area contributed by atoms with Gasteiger partial charge in [0.15, 0.2) is 10.8 Å². The second kappa shape index (κ2) is 9.24. The van der Waals surface area contributed by atoms with Crippen LogP contribution in [0.4, 0.5) is 0 Å². The van der Waals surface area contributed by atoms with Crippen LogP contribution in [-0.4, -0.2) is 53.4 Å². The van der Waals surface area contributed by atoms with E-state index >= 15 is 0 Å². The minimum absolute atomic E-state index is 0.396. The quantitative estimate of drug-likeness (QED) is 0.549. The number of nitrogens with zero attached hydrogens (tertiary/aromatic N) is 4. The number of hydrogen-bond acceptors (Lipinski definition) is 8. The van der Waals surface area contributed by atoms with E-state index in [-0.39, 0.29) is 0 Å². The highest BCUT2D eigenvalue weighted by atomic mass is 32.2. The molecule has 0 bridgehead atoms. The second-order valence-electron chi connectivity index (χ2n) is 7.44. The van der Waals surface area contributed by atoms with Gasteiger partial charge in [0.05, 0.1) is 6.54 Å². The van der Waals surface area contributed by atoms with Crippen LogP contribution in [0, 0.1) is 0 Å². The molecule has 8 heteroatoms. The summed E-state index contributed by atoms with van der Waals surface area (Å²) in [4.78, 5) is 15.7. The Morgan fingerprint density at radius 2 is 2.25 bits per heavy atom. The Labute approximate surface area is 175 Å². The van der Waals surface area contributed by atoms with E-state index < -0.39 is 0 Å². The zero-order valence-corrected chi connectivity index (χ0v) is 17.9. The standard InChI is InChI=1S/C20H28N6S2/c1-22-8-7-17(21)16-12-24-19(20-23-9-10-27-20)26-13-14(11-18(16)26)25-28-15-5-3-2-4-6-15/h7-10,14-15,25H,2-6,11-13,21H2,1H3. The lowest BCUT2D eigenvalue weighted by Gasteiger charge is -2.27. The molecule has 1 aromatic rings. The van der Waals surface area contributed by atoms with Gasteiger partial charge in [0.1, 0.15) is 0 Å². The number of fused-ring (bicyclic) bond motifs is 1. The summed E-state index contributed by atoms with van der Waals surface area (Å²) in [6.07, 6.45) is 13.2. The maximum absolute atomic E-state index is 6.37. The van der Waals surface area contributed by atoms with Crippen LogP contribution in [0.3, 0.4) is 0 Å². The molecule has 0 radical (unpaired) electrons. The predicted octanol–water partition coefficient (Wildman–Crippen LogP) is 3.35. The van der Waals surface area contributed by atoms with E-state index in [0.29, 0.717) is 12.6 Å². The van der Waals surface area contributed by atoms with Gasteiger partial charge in [-0.05, 0) is 18.9 Å². The van der Waals surface area contributed by atoms with Gasteiger partial charge in [0, 0.05) is 66.1 Å². The van der Waals surface area contributed by atoms with Crippen molar-refractivity contribution < 1.29 is 0 Å². The van der Waals surface area contributed by atoms with Crippen molar-refractivity contribution in [2.45, 2.75) is 49.8 Å². The van der Waals surface area contributed by atoms with Gasteiger partial charge in [-0.15, -0.1) is 11.3 Å². The molecule has 150 valence electrons. The third-order valence-electron chi connectivity index (χ3n) is 5.49. The summed E-state index contributed by atoms with van der Waals surface area (Å²) in [5, 5.41) is 3.74. The first kappa shape index (κ1) is 19.7. The fourth-order valence-electron chi connectivity index (χ4n) is 4.05. The Morgan fingerprint density at radius 1 is 1.39 bits per heavy atom. The van der Waals surface area contributed by atoms with Crippen molar-refractivity contribution in [3.8, 4) is 0 Å². The Morgan fingerprint density at radius 3 is 3.00 bits per heavy atom. The van der Waals surface area contributed by atoms with E-state index in [4.69, 9.17) is 10.7 Å². The first-order valence-electron chi connectivity index (χ1n) is 9.99. The predicted molar refractivity (Wildman–Crippen MR) is 120 cm³/mol. The van der Waals surface area contributed by atoms with Crippen LogP contribution in [0.25, 0.3) is 0 Å². The summed E-state index contributed by atoms with van der Waals surface area (Å²) in [6.45, 7) is 1.51. The Balaban J connectivity index is 1.53. The summed E-state index contributed by atoms with van der Waals surface area (Å²) >= 11 is 3.58. The monoisotopic (exact) mass is 416 g/mol. The van der Waals surface area contributed by atoms with Crippen LogP contribution in [0.2, 0.25) is 0 Å². The van der Waals surface area contributed by atoms with Gasteiger partial charge in [-0.3, -0.25) is 14.7 Å². The highest BCUT2D eigenvalue weighted by Gasteiger charge is 2.36. The molecule has 1 saturated heterocycles. The minimum atomic E-state index is 0.396. The van der Waals surface area contributed by atoms with Crippen molar-refractivity contribution in [2.24, 2.45) is 15.7 Å². The highest BCUT2D eigenvalue weighted by molar-refractivity contribution is 7.98. The minimum Gasteiger partial charge on any atom is -0.398 e. The molecule has 1 aromatic heterocycles. The number of aliphatic imine (C=N–C) groups is 2. The summed E-state index contributed by atoms with van der Waals surface area (Å²) in [7, 11) is 1.76. The molecule has 2 aliphatic heterocycles. The number of nitrogens with two attached hydrogens (primary N) is 1.